The molecule has 222 valence electrons. The van der Waals surface area contributed by atoms with E-state index < -0.39 is 33.0 Å². The summed E-state index contributed by atoms with van der Waals surface area (Å²) in [5.41, 5.74) is -0.108. The third-order valence-electron chi connectivity index (χ3n) is 11.3. The number of hydrogen-bond acceptors (Lipinski definition) is 9. The van der Waals surface area contributed by atoms with E-state index in [2.05, 4.69) is 27.7 Å². The second-order valence-corrected chi connectivity index (χ2v) is 15.8. The van der Waals surface area contributed by atoms with Crippen LogP contribution < -0.4 is 59.1 Å². The summed E-state index contributed by atoms with van der Waals surface area (Å²) in [7, 11) is -9.62. The van der Waals surface area contributed by atoms with Crippen LogP contribution in [0.4, 0.5) is 0 Å². The average Bonchev–Trinajstić information content (AvgIpc) is 3.12. The molecule has 4 aliphatic carbocycles. The van der Waals surface area contributed by atoms with Crippen LogP contribution in [0.3, 0.4) is 0 Å². The summed E-state index contributed by atoms with van der Waals surface area (Å²) in [5, 5.41) is 10.8. The van der Waals surface area contributed by atoms with Gasteiger partial charge in [-0.15, -0.1) is 0 Å². The molecular formula is C27H46Na2O9S2. The Morgan fingerprint density at radius 3 is 2.15 bits per heavy atom. The summed E-state index contributed by atoms with van der Waals surface area (Å²) in [4.78, 5) is 0. The molecule has 0 aromatic heterocycles. The third-order valence-corrected chi connectivity index (χ3v) is 12.2. The van der Waals surface area contributed by atoms with Crippen LogP contribution in [0.25, 0.3) is 0 Å². The Morgan fingerprint density at radius 2 is 1.55 bits per heavy atom. The van der Waals surface area contributed by atoms with E-state index in [0.29, 0.717) is 42.4 Å². The Hall–Kier alpha value is 1.70. The van der Waals surface area contributed by atoms with Crippen LogP contribution in [-0.2, 0) is 29.2 Å². The van der Waals surface area contributed by atoms with Crippen molar-refractivity contribution in [2.75, 3.05) is 6.61 Å². The van der Waals surface area contributed by atoms with Crippen molar-refractivity contribution in [3.05, 3.63) is 0 Å². The molecule has 0 saturated heterocycles. The molecule has 0 aromatic rings. The summed E-state index contributed by atoms with van der Waals surface area (Å²) in [6, 6.07) is 0. The van der Waals surface area contributed by atoms with E-state index in [1.165, 1.54) is 0 Å². The molecule has 0 amide bonds. The van der Waals surface area contributed by atoms with Gasteiger partial charge in [-0.1, -0.05) is 40.5 Å². The molecule has 0 radical (unpaired) electrons. The van der Waals surface area contributed by atoms with Crippen molar-refractivity contribution in [1.82, 2.24) is 0 Å². The van der Waals surface area contributed by atoms with Gasteiger partial charge in [-0.3, -0.25) is 8.37 Å². The molecule has 10 atom stereocenters. The van der Waals surface area contributed by atoms with Crippen LogP contribution in [0.15, 0.2) is 0 Å². The summed E-state index contributed by atoms with van der Waals surface area (Å²) in [6.45, 7) is 8.90. The van der Waals surface area contributed by atoms with Crippen molar-refractivity contribution in [2.24, 2.45) is 52.3 Å². The summed E-state index contributed by atoms with van der Waals surface area (Å²) >= 11 is 0. The van der Waals surface area contributed by atoms with Gasteiger partial charge >= 0.3 is 59.1 Å². The van der Waals surface area contributed by atoms with E-state index in [1.807, 2.05) is 0 Å². The minimum atomic E-state index is -4.88. The molecule has 1 unspecified atom stereocenters. The number of fused-ring (bicyclic) bond motifs is 5. The Labute approximate surface area is 286 Å². The van der Waals surface area contributed by atoms with Crippen molar-refractivity contribution < 1.29 is 98.5 Å². The van der Waals surface area contributed by atoms with Gasteiger partial charge in [0, 0.05) is 0 Å². The maximum atomic E-state index is 11.3. The monoisotopic (exact) mass is 624 g/mol. The van der Waals surface area contributed by atoms with Crippen LogP contribution >= 0.6 is 0 Å². The zero-order valence-electron chi connectivity index (χ0n) is 25.2. The molecule has 0 aliphatic heterocycles. The predicted octanol–water partition coefficient (Wildman–Crippen LogP) is -1.61. The molecule has 0 aromatic carbocycles. The van der Waals surface area contributed by atoms with E-state index in [4.69, 9.17) is 8.37 Å². The van der Waals surface area contributed by atoms with Crippen molar-refractivity contribution >= 4 is 20.8 Å². The zero-order chi connectivity index (χ0) is 28.1. The second-order valence-electron chi connectivity index (χ2n) is 13.7. The maximum Gasteiger partial charge on any atom is 1.00 e. The van der Waals surface area contributed by atoms with Crippen LogP contribution in [0, 0.1) is 52.3 Å². The Balaban J connectivity index is 0.00000280. The first-order valence-electron chi connectivity index (χ1n) is 14.5. The maximum absolute atomic E-state index is 11.3. The summed E-state index contributed by atoms with van der Waals surface area (Å²) < 4.78 is 77.2. The fourth-order valence-corrected chi connectivity index (χ4v) is 10.5. The molecule has 4 aliphatic rings. The van der Waals surface area contributed by atoms with Gasteiger partial charge in [0.2, 0.25) is 20.8 Å². The Kier molecular flexibility index (Phi) is 13.7. The third kappa shape index (κ3) is 8.49. The molecule has 9 nitrogen and oxygen atoms in total. The largest absolute Gasteiger partial charge is 1.00 e. The number of aliphatic hydroxyl groups excluding tert-OH is 1. The second kappa shape index (κ2) is 14.4. The minimum Gasteiger partial charge on any atom is -0.726 e. The molecule has 1 N–H and O–H groups in total. The van der Waals surface area contributed by atoms with Gasteiger partial charge in [0.05, 0.1) is 12.7 Å². The number of rotatable bonds is 10. The summed E-state index contributed by atoms with van der Waals surface area (Å²) in [6.07, 6.45) is 7.74. The van der Waals surface area contributed by atoms with Crippen molar-refractivity contribution in [1.29, 1.82) is 0 Å². The Morgan fingerprint density at radius 1 is 0.900 bits per heavy atom. The van der Waals surface area contributed by atoms with Gasteiger partial charge in [-0.25, -0.2) is 16.8 Å². The van der Waals surface area contributed by atoms with E-state index in [-0.39, 0.29) is 88.4 Å². The van der Waals surface area contributed by atoms with Gasteiger partial charge < -0.3 is 14.2 Å². The molecule has 0 bridgehead atoms. The number of aliphatic hydroxyl groups is 1. The van der Waals surface area contributed by atoms with Crippen LogP contribution in [0.1, 0.15) is 98.3 Å². The zero-order valence-corrected chi connectivity index (χ0v) is 30.8. The quantitative estimate of drug-likeness (QED) is 0.172. The molecule has 0 heterocycles. The van der Waals surface area contributed by atoms with Gasteiger partial charge in [0.25, 0.3) is 0 Å². The fourth-order valence-electron chi connectivity index (χ4n) is 9.69. The first-order chi connectivity index (χ1) is 17.5. The van der Waals surface area contributed by atoms with Gasteiger partial charge in [0.15, 0.2) is 0 Å². The molecule has 4 rings (SSSR count). The Bertz CT molecular complexity index is 1060. The van der Waals surface area contributed by atoms with E-state index in [1.54, 1.807) is 0 Å². The van der Waals surface area contributed by atoms with Gasteiger partial charge in [-0.2, -0.15) is 0 Å². The fraction of sp³-hybridized carbons (Fsp3) is 1.00. The standard InChI is InChI=1S/C27H48O9S2.2Na/c1-17(2)6-5-7-18(16-35-37(29,30)31)21-10-11-22-20-9-8-19-14-25(36-38(32,33)34)24(28)15-27(19,4)23(20)12-13-26(21,22)3;;/h17-25,28H,5-16H2,1-4H3,(H,29,30,31)(H,32,33,34);;/q;2*+1/p-2/t18-,19?,20-,21+,22-,23-,24-,25-,26+,27-;;/m0../s1. The van der Waals surface area contributed by atoms with Gasteiger partial charge in [0.1, 0.15) is 6.10 Å². The van der Waals surface area contributed by atoms with Crippen LogP contribution in [0.2, 0.25) is 0 Å². The first kappa shape index (κ1) is 37.9. The van der Waals surface area contributed by atoms with Crippen molar-refractivity contribution in [2.45, 2.75) is 111 Å². The smallest absolute Gasteiger partial charge is 0.726 e. The van der Waals surface area contributed by atoms with Crippen molar-refractivity contribution in [3.63, 3.8) is 0 Å². The van der Waals surface area contributed by atoms with Crippen LogP contribution in [0.5, 0.6) is 0 Å². The van der Waals surface area contributed by atoms with E-state index in [9.17, 15) is 31.0 Å². The minimum absolute atomic E-state index is 0. The molecule has 40 heavy (non-hydrogen) atoms. The molecule has 4 saturated carbocycles. The van der Waals surface area contributed by atoms with E-state index >= 15 is 0 Å². The SMILES string of the molecule is CC(C)CCC[C@@H](COS(=O)(=O)[O-])[C@H]1CC[C@H]2[C@@H]3CCC4C[C@H](OS(=O)(=O)[O-])[C@@H](O)C[C@]4(C)[C@H]3CC[C@]12C.[Na+].[Na+]. The van der Waals surface area contributed by atoms with Crippen molar-refractivity contribution in [3.8, 4) is 0 Å². The summed E-state index contributed by atoms with van der Waals surface area (Å²) in [5.74, 6) is 2.43. The average molecular weight is 625 g/mol. The molecule has 0 spiro atoms. The number of hydrogen-bond donors (Lipinski definition) is 1. The molecule has 13 heteroatoms. The van der Waals surface area contributed by atoms with Gasteiger partial charge in [-0.05, 0) is 110 Å². The normalized spacial score (nSPS) is 40.2. The van der Waals surface area contributed by atoms with Crippen LogP contribution in [-0.4, -0.2) is 49.9 Å². The topological polar surface area (TPSA) is 153 Å². The van der Waals surface area contributed by atoms with E-state index in [0.717, 1.165) is 57.8 Å². The predicted molar refractivity (Wildman–Crippen MR) is 139 cm³/mol. The first-order valence-corrected chi connectivity index (χ1v) is 17.1. The molecular weight excluding hydrogens is 578 g/mol. The molecule has 4 fully saturated rings.